The summed E-state index contributed by atoms with van der Waals surface area (Å²) in [4.78, 5) is 27.5. The normalized spacial score (nSPS) is 19.3. The van der Waals surface area contributed by atoms with Gasteiger partial charge in [-0.1, -0.05) is 43.5 Å². The van der Waals surface area contributed by atoms with Gasteiger partial charge in [0.2, 0.25) is 0 Å². The number of aryl methyl sites for hydroxylation is 1. The van der Waals surface area contributed by atoms with Crippen molar-refractivity contribution in [3.8, 4) is 5.75 Å². The van der Waals surface area contributed by atoms with Crippen LogP contribution in [0.3, 0.4) is 0 Å². The van der Waals surface area contributed by atoms with Gasteiger partial charge >= 0.3 is 5.97 Å². The monoisotopic (exact) mass is 426 g/mol. The zero-order valence-electron chi connectivity index (χ0n) is 17.4. The molecule has 0 aliphatic carbocycles. The fraction of sp³-hybridized carbons (Fsp3) is 0.348. The average molecular weight is 427 g/mol. The smallest absolute Gasteiger partial charge is 0.303 e. The Labute approximate surface area is 181 Å². The maximum atomic E-state index is 11.6. The van der Waals surface area contributed by atoms with E-state index in [4.69, 9.17) is 9.47 Å². The molecule has 0 radical (unpaired) electrons. The second-order valence-corrected chi connectivity index (χ2v) is 8.87. The van der Waals surface area contributed by atoms with Crippen LogP contribution >= 0.6 is 11.8 Å². The summed E-state index contributed by atoms with van der Waals surface area (Å²) in [5, 5.41) is 2.70. The van der Waals surface area contributed by atoms with Crippen molar-refractivity contribution in [1.29, 1.82) is 0 Å². The van der Waals surface area contributed by atoms with Crippen LogP contribution in [0.1, 0.15) is 43.7 Å². The molecule has 1 aliphatic heterocycles. The Kier molecular flexibility index (Phi) is 6.82. The van der Waals surface area contributed by atoms with Gasteiger partial charge in [0.1, 0.15) is 12.4 Å². The lowest BCUT2D eigenvalue weighted by molar-refractivity contribution is -0.148. The maximum Gasteiger partial charge on any atom is 0.303 e. The molecule has 1 saturated heterocycles. The van der Waals surface area contributed by atoms with E-state index >= 15 is 0 Å². The summed E-state index contributed by atoms with van der Waals surface area (Å²) < 4.78 is 10.9. The molecule has 1 amide bonds. The Balaban J connectivity index is 1.63. The summed E-state index contributed by atoms with van der Waals surface area (Å²) in [6.07, 6.45) is 2.78. The molecule has 0 saturated carbocycles. The highest BCUT2D eigenvalue weighted by Gasteiger charge is 2.38. The lowest BCUT2D eigenvalue weighted by Gasteiger charge is -2.22. The molecule has 1 aliphatic rings. The van der Waals surface area contributed by atoms with Crippen molar-refractivity contribution < 1.29 is 19.1 Å². The molecule has 0 spiro atoms. The number of esters is 1. The van der Waals surface area contributed by atoms with Crippen LogP contribution in [0.2, 0.25) is 0 Å². The highest BCUT2D eigenvalue weighted by atomic mass is 32.2. The molecule has 158 valence electrons. The summed E-state index contributed by atoms with van der Waals surface area (Å²) >= 11 is 1.26. The van der Waals surface area contributed by atoms with E-state index in [9.17, 15) is 9.59 Å². The molecule has 1 aromatic carbocycles. The molecule has 7 heteroatoms. The van der Waals surface area contributed by atoms with E-state index in [1.54, 1.807) is 6.20 Å². The summed E-state index contributed by atoms with van der Waals surface area (Å²) in [6, 6.07) is 11.5. The Hall–Kier alpha value is -2.80. The highest BCUT2D eigenvalue weighted by Crippen LogP contribution is 2.40. The van der Waals surface area contributed by atoms with Crippen molar-refractivity contribution in [1.82, 2.24) is 10.3 Å². The molecule has 2 heterocycles. The van der Waals surface area contributed by atoms with Gasteiger partial charge in [-0.25, -0.2) is 0 Å². The van der Waals surface area contributed by atoms with E-state index in [1.807, 2.05) is 43.3 Å². The van der Waals surface area contributed by atoms with Crippen LogP contribution in [0.25, 0.3) is 0 Å². The standard InChI is InChI=1S/C23H26N2O4S/c1-5-17-8-11-20(24-13-17)21(29-16(3)26)14-28-19-9-6-18(7-10-19)12-23(4)15(2)25-22(27)30-23/h6-11,13,21H,2,5,12,14H2,1,3-4H3,(H,25,27)/t21-,23?/m1/s1. The number of ether oxygens (including phenoxy) is 2. The van der Waals surface area contributed by atoms with Gasteiger partial charge in [0.05, 0.1) is 10.4 Å². The third-order valence-electron chi connectivity index (χ3n) is 4.97. The number of hydrogen-bond acceptors (Lipinski definition) is 6. The average Bonchev–Trinajstić information content (AvgIpc) is 2.97. The van der Waals surface area contributed by atoms with Gasteiger partial charge in [0, 0.05) is 18.8 Å². The molecule has 0 bridgehead atoms. The third kappa shape index (κ3) is 5.42. The molecule has 2 atom stereocenters. The summed E-state index contributed by atoms with van der Waals surface area (Å²) in [7, 11) is 0. The fourth-order valence-electron chi connectivity index (χ4n) is 3.17. The van der Waals surface area contributed by atoms with Gasteiger partial charge in [0.15, 0.2) is 6.10 Å². The SMILES string of the molecule is C=C1NC(=O)SC1(C)Cc1ccc(OC[C@@H](OC(C)=O)c2ccc(CC)cn2)cc1. The topological polar surface area (TPSA) is 77.5 Å². The number of amides is 1. The number of nitrogens with zero attached hydrogens (tertiary/aromatic N) is 1. The number of thioether (sulfide) groups is 1. The van der Waals surface area contributed by atoms with Gasteiger partial charge in [-0.15, -0.1) is 0 Å². The van der Waals surface area contributed by atoms with Gasteiger partial charge in [-0.3, -0.25) is 14.6 Å². The van der Waals surface area contributed by atoms with Crippen LogP contribution in [0.5, 0.6) is 5.75 Å². The Morgan fingerprint density at radius 2 is 1.93 bits per heavy atom. The number of benzene rings is 1. The number of hydrogen-bond donors (Lipinski definition) is 1. The lowest BCUT2D eigenvalue weighted by Crippen LogP contribution is -2.25. The third-order valence-corrected chi connectivity index (χ3v) is 6.10. The molecule has 1 unspecified atom stereocenters. The van der Waals surface area contributed by atoms with Gasteiger partial charge < -0.3 is 14.8 Å². The number of aromatic nitrogens is 1. The van der Waals surface area contributed by atoms with Crippen LogP contribution < -0.4 is 10.1 Å². The fourth-order valence-corrected chi connectivity index (χ4v) is 4.17. The van der Waals surface area contributed by atoms with Crippen LogP contribution in [0.4, 0.5) is 4.79 Å². The van der Waals surface area contributed by atoms with E-state index < -0.39 is 6.10 Å². The zero-order chi connectivity index (χ0) is 21.7. The van der Waals surface area contributed by atoms with E-state index in [0.29, 0.717) is 17.9 Å². The van der Waals surface area contributed by atoms with Crippen molar-refractivity contribution in [2.24, 2.45) is 0 Å². The summed E-state index contributed by atoms with van der Waals surface area (Å²) in [5.41, 5.74) is 3.57. The summed E-state index contributed by atoms with van der Waals surface area (Å²) in [6.45, 7) is 9.56. The first kappa shape index (κ1) is 21.9. The van der Waals surface area contributed by atoms with Crippen LogP contribution in [-0.2, 0) is 22.4 Å². The van der Waals surface area contributed by atoms with Crippen molar-refractivity contribution in [3.05, 3.63) is 71.7 Å². The molecule has 2 aromatic rings. The predicted molar refractivity (Wildman–Crippen MR) is 117 cm³/mol. The second-order valence-electron chi connectivity index (χ2n) is 7.40. The number of pyridine rings is 1. The number of carbonyl (C=O) groups excluding carboxylic acids is 2. The predicted octanol–water partition coefficient (Wildman–Crippen LogP) is 4.60. The van der Waals surface area contributed by atoms with Crippen LogP contribution in [0, 0.1) is 0 Å². The molecular weight excluding hydrogens is 400 g/mol. The molecule has 1 aromatic heterocycles. The van der Waals surface area contributed by atoms with Crippen LogP contribution in [-0.4, -0.2) is 27.5 Å². The molecular formula is C23H26N2O4S. The largest absolute Gasteiger partial charge is 0.489 e. The number of nitrogens with one attached hydrogen (secondary N) is 1. The Morgan fingerprint density at radius 3 is 2.47 bits per heavy atom. The number of carbonyl (C=O) groups is 2. The molecule has 30 heavy (non-hydrogen) atoms. The Morgan fingerprint density at radius 1 is 1.23 bits per heavy atom. The highest BCUT2D eigenvalue weighted by molar-refractivity contribution is 8.15. The number of rotatable bonds is 8. The van der Waals surface area contributed by atoms with E-state index in [-0.39, 0.29) is 22.6 Å². The quantitative estimate of drug-likeness (QED) is 0.622. The van der Waals surface area contributed by atoms with Crippen molar-refractivity contribution >= 4 is 23.0 Å². The minimum atomic E-state index is -0.581. The van der Waals surface area contributed by atoms with Crippen molar-refractivity contribution in [3.63, 3.8) is 0 Å². The zero-order valence-corrected chi connectivity index (χ0v) is 18.3. The Bertz CT molecular complexity index is 927. The van der Waals surface area contributed by atoms with Gasteiger partial charge in [-0.05, 0) is 49.1 Å². The molecule has 1 N–H and O–H groups in total. The first-order valence-electron chi connectivity index (χ1n) is 9.82. The first-order chi connectivity index (χ1) is 14.3. The minimum Gasteiger partial charge on any atom is -0.489 e. The molecule has 3 rings (SSSR count). The van der Waals surface area contributed by atoms with Crippen LogP contribution in [0.15, 0.2) is 54.9 Å². The summed E-state index contributed by atoms with van der Waals surface area (Å²) in [5.74, 6) is 0.282. The first-order valence-corrected chi connectivity index (χ1v) is 10.6. The van der Waals surface area contributed by atoms with Crippen molar-refractivity contribution in [2.75, 3.05) is 6.61 Å². The maximum absolute atomic E-state index is 11.6. The van der Waals surface area contributed by atoms with Gasteiger partial charge in [0.25, 0.3) is 5.24 Å². The minimum absolute atomic E-state index is 0.0699. The van der Waals surface area contributed by atoms with Gasteiger partial charge in [-0.2, -0.15) is 0 Å². The lowest BCUT2D eigenvalue weighted by atomic mass is 9.97. The molecule has 6 nitrogen and oxygen atoms in total. The second kappa shape index (κ2) is 9.34. The van der Waals surface area contributed by atoms with E-state index in [1.165, 1.54) is 18.7 Å². The van der Waals surface area contributed by atoms with Crippen molar-refractivity contribution in [2.45, 2.75) is 44.5 Å². The van der Waals surface area contributed by atoms with E-state index in [2.05, 4.69) is 23.8 Å². The van der Waals surface area contributed by atoms with E-state index in [0.717, 1.165) is 23.2 Å². The molecule has 1 fully saturated rings.